The molecule has 1 aliphatic heterocycles. The van der Waals surface area contributed by atoms with Crippen LogP contribution in [0.15, 0.2) is 30.3 Å². The van der Waals surface area contributed by atoms with E-state index in [1.165, 1.54) is 6.92 Å². The topological polar surface area (TPSA) is 81.7 Å². The zero-order chi connectivity index (χ0) is 18.0. The minimum absolute atomic E-state index is 0.151. The third-order valence-corrected chi connectivity index (χ3v) is 4.01. The lowest BCUT2D eigenvalue weighted by molar-refractivity contribution is -0.152. The number of carbonyl (C=O) groups is 3. The van der Waals surface area contributed by atoms with E-state index in [2.05, 4.69) is 5.32 Å². The molecule has 1 saturated heterocycles. The largest absolute Gasteiger partial charge is 0.465 e. The second kappa shape index (κ2) is 6.63. The first kappa shape index (κ1) is 18.0. The Morgan fingerprint density at radius 3 is 2.33 bits per heavy atom. The Kier molecular flexibility index (Phi) is 4.96. The van der Waals surface area contributed by atoms with Crippen molar-refractivity contribution in [2.75, 3.05) is 6.61 Å². The Balaban J connectivity index is 2.42. The predicted molar refractivity (Wildman–Crippen MR) is 87.2 cm³/mol. The quantitative estimate of drug-likeness (QED) is 0.677. The number of amides is 1. The van der Waals surface area contributed by atoms with Crippen LogP contribution in [-0.4, -0.2) is 30.1 Å². The number of carbonyl (C=O) groups excluding carboxylic acids is 3. The molecule has 6 heteroatoms. The number of Topliss-reactive ketones (excluding diaryl/α,β-unsaturated/α-hetero) is 1. The lowest BCUT2D eigenvalue weighted by Gasteiger charge is -2.33. The van der Waals surface area contributed by atoms with E-state index in [4.69, 9.17) is 9.47 Å². The van der Waals surface area contributed by atoms with Crippen LogP contribution in [0.25, 0.3) is 0 Å². The van der Waals surface area contributed by atoms with E-state index in [9.17, 15) is 14.4 Å². The molecule has 24 heavy (non-hydrogen) atoms. The second-order valence-electron chi connectivity index (χ2n) is 6.90. The average molecular weight is 333 g/mol. The van der Waals surface area contributed by atoms with Crippen LogP contribution in [0.5, 0.6) is 0 Å². The number of rotatable bonds is 4. The highest BCUT2D eigenvalue weighted by Crippen LogP contribution is 2.43. The Bertz CT molecular complexity index is 635. The SMILES string of the molecule is CC(=O)[C@@]1(C(NC(=O)OC(C)(C)C)c2ccccc2)CCOC1=O. The Labute approximate surface area is 141 Å². The van der Waals surface area contributed by atoms with Crippen molar-refractivity contribution in [1.29, 1.82) is 0 Å². The lowest BCUT2D eigenvalue weighted by Crippen LogP contribution is -2.49. The smallest absolute Gasteiger partial charge is 0.408 e. The first-order chi connectivity index (χ1) is 11.2. The molecule has 1 aliphatic rings. The summed E-state index contributed by atoms with van der Waals surface area (Å²) < 4.78 is 10.4. The summed E-state index contributed by atoms with van der Waals surface area (Å²) in [5.41, 5.74) is -1.47. The summed E-state index contributed by atoms with van der Waals surface area (Å²) in [5.74, 6) is -0.949. The van der Waals surface area contributed by atoms with Crippen molar-refractivity contribution in [3.63, 3.8) is 0 Å². The molecular formula is C18H23NO5. The Morgan fingerprint density at radius 1 is 1.25 bits per heavy atom. The van der Waals surface area contributed by atoms with Gasteiger partial charge in [-0.2, -0.15) is 0 Å². The fourth-order valence-corrected chi connectivity index (χ4v) is 2.88. The van der Waals surface area contributed by atoms with Crippen LogP contribution in [0.2, 0.25) is 0 Å². The van der Waals surface area contributed by atoms with Crippen LogP contribution in [0.3, 0.4) is 0 Å². The van der Waals surface area contributed by atoms with Gasteiger partial charge in [0, 0.05) is 6.42 Å². The van der Waals surface area contributed by atoms with E-state index in [0.717, 1.165) is 0 Å². The summed E-state index contributed by atoms with van der Waals surface area (Å²) in [6.07, 6.45) is -0.465. The third-order valence-electron chi connectivity index (χ3n) is 4.01. The van der Waals surface area contributed by atoms with Crippen LogP contribution < -0.4 is 5.32 Å². The zero-order valence-corrected chi connectivity index (χ0v) is 14.4. The molecule has 0 aromatic heterocycles. The maximum Gasteiger partial charge on any atom is 0.408 e. The molecule has 1 aromatic rings. The number of ether oxygens (including phenoxy) is 2. The Morgan fingerprint density at radius 2 is 1.88 bits per heavy atom. The monoisotopic (exact) mass is 333 g/mol. The molecule has 0 radical (unpaired) electrons. The summed E-state index contributed by atoms with van der Waals surface area (Å²) in [7, 11) is 0. The van der Waals surface area contributed by atoms with E-state index in [0.29, 0.717) is 5.56 Å². The summed E-state index contributed by atoms with van der Waals surface area (Å²) >= 11 is 0. The fraction of sp³-hybridized carbons (Fsp3) is 0.500. The van der Waals surface area contributed by atoms with Crippen LogP contribution in [0.1, 0.15) is 45.7 Å². The van der Waals surface area contributed by atoms with E-state index in [1.807, 2.05) is 6.07 Å². The van der Waals surface area contributed by atoms with Crippen LogP contribution in [0.4, 0.5) is 4.79 Å². The zero-order valence-electron chi connectivity index (χ0n) is 14.4. The first-order valence-corrected chi connectivity index (χ1v) is 7.89. The van der Waals surface area contributed by atoms with Crippen molar-refractivity contribution in [3.8, 4) is 0 Å². The molecule has 0 saturated carbocycles. The average Bonchev–Trinajstić information content (AvgIpc) is 2.86. The molecular weight excluding hydrogens is 310 g/mol. The van der Waals surface area contributed by atoms with Crippen molar-refractivity contribution >= 4 is 17.8 Å². The van der Waals surface area contributed by atoms with Crippen LogP contribution >= 0.6 is 0 Å². The summed E-state index contributed by atoms with van der Waals surface area (Å²) in [6.45, 7) is 6.73. The number of alkyl carbamates (subject to hydrolysis) is 1. The van der Waals surface area contributed by atoms with Crippen LogP contribution in [0, 0.1) is 5.41 Å². The van der Waals surface area contributed by atoms with Gasteiger partial charge in [0.15, 0.2) is 5.41 Å². The molecule has 1 N–H and O–H groups in total. The summed E-state index contributed by atoms with van der Waals surface area (Å²) in [4.78, 5) is 37.0. The summed E-state index contributed by atoms with van der Waals surface area (Å²) in [5, 5.41) is 2.70. The standard InChI is InChI=1S/C18H23NO5/c1-12(20)18(10-11-23-15(18)21)14(13-8-6-5-7-9-13)19-16(22)24-17(2,3)4/h5-9,14H,10-11H2,1-4H3,(H,19,22)/t14?,18-/m1/s1. The number of nitrogens with one attached hydrogen (secondary N) is 1. The van der Waals surface area contributed by atoms with Crippen molar-refractivity contribution in [1.82, 2.24) is 5.32 Å². The minimum Gasteiger partial charge on any atom is -0.465 e. The number of ketones is 1. The highest BCUT2D eigenvalue weighted by atomic mass is 16.6. The van der Waals surface area contributed by atoms with Gasteiger partial charge >= 0.3 is 12.1 Å². The van der Waals surface area contributed by atoms with Gasteiger partial charge in [-0.3, -0.25) is 9.59 Å². The molecule has 0 spiro atoms. The van der Waals surface area contributed by atoms with Gasteiger partial charge in [-0.05, 0) is 33.3 Å². The number of cyclic esters (lactones) is 1. The first-order valence-electron chi connectivity index (χ1n) is 7.89. The minimum atomic E-state index is -1.43. The van der Waals surface area contributed by atoms with Gasteiger partial charge in [-0.25, -0.2) is 4.79 Å². The highest BCUT2D eigenvalue weighted by molar-refractivity contribution is 6.05. The molecule has 2 atom stereocenters. The lowest BCUT2D eigenvalue weighted by atomic mass is 9.73. The van der Waals surface area contributed by atoms with Crippen molar-refractivity contribution in [2.24, 2.45) is 5.41 Å². The van der Waals surface area contributed by atoms with Crippen molar-refractivity contribution < 1.29 is 23.9 Å². The molecule has 1 amide bonds. The normalized spacial score (nSPS) is 21.8. The second-order valence-corrected chi connectivity index (χ2v) is 6.90. The molecule has 1 fully saturated rings. The third kappa shape index (κ3) is 3.58. The molecule has 1 unspecified atom stereocenters. The van der Waals surface area contributed by atoms with Crippen molar-refractivity contribution in [3.05, 3.63) is 35.9 Å². The molecule has 1 aromatic carbocycles. The number of benzene rings is 1. The van der Waals surface area contributed by atoms with Gasteiger partial charge in [0.05, 0.1) is 12.6 Å². The van der Waals surface area contributed by atoms with Gasteiger partial charge in [0.25, 0.3) is 0 Å². The Hall–Kier alpha value is -2.37. The van der Waals surface area contributed by atoms with Gasteiger partial charge in [0.1, 0.15) is 11.4 Å². The predicted octanol–water partition coefficient (Wildman–Crippen LogP) is 2.77. The molecule has 0 bridgehead atoms. The maximum absolute atomic E-state index is 12.4. The maximum atomic E-state index is 12.4. The van der Waals surface area contributed by atoms with Crippen molar-refractivity contribution in [2.45, 2.75) is 45.8 Å². The van der Waals surface area contributed by atoms with E-state index >= 15 is 0 Å². The fourth-order valence-electron chi connectivity index (χ4n) is 2.88. The van der Waals surface area contributed by atoms with Gasteiger partial charge in [0.2, 0.25) is 0 Å². The van der Waals surface area contributed by atoms with Gasteiger partial charge < -0.3 is 14.8 Å². The number of hydrogen-bond acceptors (Lipinski definition) is 5. The molecule has 6 nitrogen and oxygen atoms in total. The summed E-state index contributed by atoms with van der Waals surface area (Å²) in [6, 6.07) is 8.07. The van der Waals surface area contributed by atoms with Gasteiger partial charge in [-0.1, -0.05) is 30.3 Å². The molecule has 130 valence electrons. The molecule has 2 rings (SSSR count). The van der Waals surface area contributed by atoms with Crippen LogP contribution in [-0.2, 0) is 19.1 Å². The van der Waals surface area contributed by atoms with E-state index in [1.54, 1.807) is 45.0 Å². The molecule has 0 aliphatic carbocycles. The highest BCUT2D eigenvalue weighted by Gasteiger charge is 2.56. The van der Waals surface area contributed by atoms with E-state index < -0.39 is 29.1 Å². The number of hydrogen-bond donors (Lipinski definition) is 1. The van der Waals surface area contributed by atoms with E-state index in [-0.39, 0.29) is 18.8 Å². The molecule has 1 heterocycles. The number of esters is 1. The van der Waals surface area contributed by atoms with Gasteiger partial charge in [-0.15, -0.1) is 0 Å².